The fraction of sp³-hybridized carbons (Fsp3) is 0.700. The van der Waals surface area contributed by atoms with Crippen LogP contribution in [0.3, 0.4) is 0 Å². The summed E-state index contributed by atoms with van der Waals surface area (Å²) in [6, 6.07) is 0. The van der Waals surface area contributed by atoms with Crippen molar-refractivity contribution in [2.45, 2.75) is 77.2 Å². The van der Waals surface area contributed by atoms with E-state index < -0.39 is 12.1 Å². The van der Waals surface area contributed by atoms with Crippen LogP contribution in [0.2, 0.25) is 0 Å². The van der Waals surface area contributed by atoms with E-state index in [9.17, 15) is 14.7 Å². The van der Waals surface area contributed by atoms with E-state index in [0.717, 1.165) is 19.3 Å². The molecule has 4 nitrogen and oxygen atoms in total. The number of unbranched alkanes of at least 4 members (excludes halogenated alkanes) is 4. The molecule has 0 spiro atoms. The van der Waals surface area contributed by atoms with Gasteiger partial charge in [0, 0.05) is 18.8 Å². The third-order valence-electron chi connectivity index (χ3n) is 4.70. The molecule has 136 valence electrons. The quantitative estimate of drug-likeness (QED) is 0.412. The van der Waals surface area contributed by atoms with Gasteiger partial charge >= 0.3 is 5.97 Å². The SMILES string of the molecule is CCCCCC=CC[C@H]1[C@H](O)CC(=O)[C@@H]1CC=CCCCC(=O)O. The predicted octanol–water partition coefficient (Wildman–Crippen LogP) is 4.28. The fourth-order valence-electron chi connectivity index (χ4n) is 3.26. The molecule has 1 fully saturated rings. The molecule has 0 amide bonds. The number of aliphatic carboxylic acids is 1. The first-order valence-corrected chi connectivity index (χ1v) is 9.28. The van der Waals surface area contributed by atoms with Crippen molar-refractivity contribution in [1.29, 1.82) is 0 Å². The Balaban J connectivity index is 2.37. The summed E-state index contributed by atoms with van der Waals surface area (Å²) in [6.45, 7) is 2.18. The van der Waals surface area contributed by atoms with Gasteiger partial charge in [0.15, 0.2) is 0 Å². The van der Waals surface area contributed by atoms with Crippen LogP contribution in [0.15, 0.2) is 24.3 Å². The maximum Gasteiger partial charge on any atom is 0.303 e. The van der Waals surface area contributed by atoms with Gasteiger partial charge < -0.3 is 10.2 Å². The van der Waals surface area contributed by atoms with Gasteiger partial charge in [-0.3, -0.25) is 9.59 Å². The minimum atomic E-state index is -0.775. The zero-order chi connectivity index (χ0) is 17.8. The lowest BCUT2D eigenvalue weighted by molar-refractivity contribution is -0.137. The predicted molar refractivity (Wildman–Crippen MR) is 95.8 cm³/mol. The zero-order valence-electron chi connectivity index (χ0n) is 14.8. The van der Waals surface area contributed by atoms with Gasteiger partial charge in [0.2, 0.25) is 0 Å². The number of carboxylic acids is 1. The molecule has 0 aliphatic heterocycles. The van der Waals surface area contributed by atoms with Crippen LogP contribution in [0.1, 0.15) is 71.1 Å². The molecule has 1 saturated carbocycles. The lowest BCUT2D eigenvalue weighted by atomic mass is 9.88. The molecular weight excluding hydrogens is 304 g/mol. The molecule has 4 heteroatoms. The first-order valence-electron chi connectivity index (χ1n) is 9.28. The second-order valence-corrected chi connectivity index (χ2v) is 6.70. The Morgan fingerprint density at radius 2 is 1.75 bits per heavy atom. The maximum atomic E-state index is 12.1. The smallest absolute Gasteiger partial charge is 0.303 e. The molecule has 24 heavy (non-hydrogen) atoms. The standard InChI is InChI=1S/C20H32O4/c1-2-3-4-5-6-9-12-16-17(19(22)15-18(16)21)13-10-7-8-11-14-20(23)24/h6-7,9-10,16-18,21H,2-5,8,11-15H2,1H3,(H,23,24)/t16-,17-,18-/m1/s1. The van der Waals surface area contributed by atoms with Gasteiger partial charge in [-0.2, -0.15) is 0 Å². The van der Waals surface area contributed by atoms with Crippen LogP contribution in [0.25, 0.3) is 0 Å². The first kappa shape index (κ1) is 20.6. The van der Waals surface area contributed by atoms with Crippen molar-refractivity contribution < 1.29 is 19.8 Å². The van der Waals surface area contributed by atoms with Crippen molar-refractivity contribution in [3.8, 4) is 0 Å². The van der Waals surface area contributed by atoms with E-state index in [0.29, 0.717) is 12.8 Å². The van der Waals surface area contributed by atoms with E-state index in [1.807, 2.05) is 12.2 Å². The number of carboxylic acid groups (broad SMARTS) is 1. The second-order valence-electron chi connectivity index (χ2n) is 6.70. The van der Waals surface area contributed by atoms with E-state index in [4.69, 9.17) is 5.11 Å². The molecule has 0 heterocycles. The molecule has 2 N–H and O–H groups in total. The zero-order valence-corrected chi connectivity index (χ0v) is 14.8. The Labute approximate surface area is 145 Å². The van der Waals surface area contributed by atoms with Gasteiger partial charge in [-0.05, 0) is 44.4 Å². The Hall–Kier alpha value is -1.42. The van der Waals surface area contributed by atoms with Crippen LogP contribution in [0.5, 0.6) is 0 Å². The summed E-state index contributed by atoms with van der Waals surface area (Å²) in [4.78, 5) is 22.5. The van der Waals surface area contributed by atoms with E-state index in [-0.39, 0.29) is 30.5 Å². The van der Waals surface area contributed by atoms with Gasteiger partial charge in [-0.15, -0.1) is 0 Å². The minimum absolute atomic E-state index is 0.0172. The highest BCUT2D eigenvalue weighted by Crippen LogP contribution is 2.34. The van der Waals surface area contributed by atoms with Crippen LogP contribution in [-0.2, 0) is 9.59 Å². The summed E-state index contributed by atoms with van der Waals surface area (Å²) in [6.07, 6.45) is 15.6. The number of rotatable bonds is 12. The maximum absolute atomic E-state index is 12.1. The van der Waals surface area contributed by atoms with Crippen LogP contribution < -0.4 is 0 Å². The molecule has 0 unspecified atom stereocenters. The number of aliphatic hydroxyl groups is 1. The number of allylic oxidation sites excluding steroid dienone is 4. The fourth-order valence-corrected chi connectivity index (χ4v) is 3.26. The second kappa shape index (κ2) is 12.0. The van der Waals surface area contributed by atoms with Gasteiger partial charge in [-0.1, -0.05) is 44.1 Å². The Bertz CT molecular complexity index is 439. The molecule has 0 aromatic rings. The lowest BCUT2D eigenvalue weighted by Gasteiger charge is -2.18. The molecule has 0 aromatic heterocycles. The number of ketones is 1. The normalized spacial score (nSPS) is 24.4. The van der Waals surface area contributed by atoms with Crippen molar-refractivity contribution in [1.82, 2.24) is 0 Å². The molecule has 0 saturated heterocycles. The Kier molecular flexibility index (Phi) is 10.3. The molecule has 0 radical (unpaired) electrons. The lowest BCUT2D eigenvalue weighted by Crippen LogP contribution is -2.19. The van der Waals surface area contributed by atoms with Crippen molar-refractivity contribution in [3.05, 3.63) is 24.3 Å². The van der Waals surface area contributed by atoms with Crippen molar-refractivity contribution >= 4 is 11.8 Å². The van der Waals surface area contributed by atoms with Crippen molar-refractivity contribution in [2.75, 3.05) is 0 Å². The Morgan fingerprint density at radius 1 is 1.08 bits per heavy atom. The van der Waals surface area contributed by atoms with Crippen LogP contribution >= 0.6 is 0 Å². The van der Waals surface area contributed by atoms with E-state index in [1.165, 1.54) is 19.3 Å². The summed E-state index contributed by atoms with van der Waals surface area (Å²) in [5.41, 5.74) is 0. The molecule has 0 bridgehead atoms. The van der Waals surface area contributed by atoms with Gasteiger partial charge in [0.1, 0.15) is 5.78 Å². The Morgan fingerprint density at radius 3 is 2.42 bits per heavy atom. The summed E-state index contributed by atoms with van der Waals surface area (Å²) in [5.74, 6) is -0.704. The van der Waals surface area contributed by atoms with Crippen LogP contribution in [0, 0.1) is 11.8 Å². The van der Waals surface area contributed by atoms with Gasteiger partial charge in [0.25, 0.3) is 0 Å². The van der Waals surface area contributed by atoms with E-state index in [2.05, 4.69) is 19.1 Å². The number of aliphatic hydroxyl groups excluding tert-OH is 1. The average molecular weight is 336 g/mol. The topological polar surface area (TPSA) is 74.6 Å². The van der Waals surface area contributed by atoms with Crippen molar-refractivity contribution in [2.24, 2.45) is 11.8 Å². The van der Waals surface area contributed by atoms with E-state index in [1.54, 1.807) is 0 Å². The van der Waals surface area contributed by atoms with Crippen molar-refractivity contribution in [3.63, 3.8) is 0 Å². The average Bonchev–Trinajstić information content (AvgIpc) is 2.80. The molecule has 3 atom stereocenters. The highest BCUT2D eigenvalue weighted by Gasteiger charge is 2.39. The number of Topliss-reactive ketones (excluding diaryl/α,β-unsaturated/α-hetero) is 1. The van der Waals surface area contributed by atoms with Crippen LogP contribution in [-0.4, -0.2) is 28.1 Å². The minimum Gasteiger partial charge on any atom is -0.481 e. The molecule has 1 aliphatic rings. The summed E-state index contributed by atoms with van der Waals surface area (Å²) in [7, 11) is 0. The van der Waals surface area contributed by atoms with Crippen LogP contribution in [0.4, 0.5) is 0 Å². The summed E-state index contributed by atoms with van der Waals surface area (Å²) in [5, 5.41) is 18.7. The first-order chi connectivity index (χ1) is 11.6. The number of carbonyl (C=O) groups is 2. The molecular formula is C20H32O4. The number of hydrogen-bond donors (Lipinski definition) is 2. The third kappa shape index (κ3) is 7.91. The highest BCUT2D eigenvalue weighted by molar-refractivity contribution is 5.84. The molecule has 1 aliphatic carbocycles. The van der Waals surface area contributed by atoms with Gasteiger partial charge in [-0.25, -0.2) is 0 Å². The summed E-state index contributed by atoms with van der Waals surface area (Å²) >= 11 is 0. The highest BCUT2D eigenvalue weighted by atomic mass is 16.4. The molecule has 1 rings (SSSR count). The number of carbonyl (C=O) groups excluding carboxylic acids is 1. The molecule has 0 aromatic carbocycles. The summed E-state index contributed by atoms with van der Waals surface area (Å²) < 4.78 is 0. The third-order valence-corrected chi connectivity index (χ3v) is 4.70. The van der Waals surface area contributed by atoms with E-state index >= 15 is 0 Å². The van der Waals surface area contributed by atoms with Gasteiger partial charge in [0.05, 0.1) is 6.10 Å². The largest absolute Gasteiger partial charge is 0.481 e. The monoisotopic (exact) mass is 336 g/mol. The number of hydrogen-bond acceptors (Lipinski definition) is 3.